The van der Waals surface area contributed by atoms with Crippen molar-refractivity contribution in [3.05, 3.63) is 83.8 Å². The summed E-state index contributed by atoms with van der Waals surface area (Å²) in [5.41, 5.74) is 4.13. The van der Waals surface area contributed by atoms with Crippen molar-refractivity contribution in [2.45, 2.75) is 33.9 Å². The van der Waals surface area contributed by atoms with Gasteiger partial charge < -0.3 is 15.4 Å². The van der Waals surface area contributed by atoms with E-state index < -0.39 is 0 Å². The summed E-state index contributed by atoms with van der Waals surface area (Å²) >= 11 is 0. The van der Waals surface area contributed by atoms with Crippen LogP contribution in [-0.2, 0) is 13.1 Å². The first kappa shape index (κ1) is 25.4. The lowest BCUT2D eigenvalue weighted by molar-refractivity contribution is 0.358. The molecule has 0 saturated carbocycles. The molecule has 0 radical (unpaired) electrons. The normalized spacial score (nSPS) is 10.9. The highest BCUT2D eigenvalue weighted by atomic mass is 127. The van der Waals surface area contributed by atoms with E-state index in [0.717, 1.165) is 46.6 Å². The van der Waals surface area contributed by atoms with Gasteiger partial charge in [0.2, 0.25) is 0 Å². The van der Waals surface area contributed by atoms with Gasteiger partial charge >= 0.3 is 0 Å². The van der Waals surface area contributed by atoms with E-state index in [4.69, 9.17) is 4.74 Å². The molecule has 0 unspecified atom stereocenters. The minimum absolute atomic E-state index is 0. The average Bonchev–Trinajstić information content (AvgIpc) is 3.13. The van der Waals surface area contributed by atoms with Crippen LogP contribution in [0.2, 0.25) is 0 Å². The van der Waals surface area contributed by atoms with Gasteiger partial charge in [0.15, 0.2) is 11.8 Å². The zero-order valence-corrected chi connectivity index (χ0v) is 21.2. The van der Waals surface area contributed by atoms with Gasteiger partial charge in [0.25, 0.3) is 0 Å². The second-order valence-corrected chi connectivity index (χ2v) is 7.12. The number of guanidine groups is 1. The molecule has 0 aliphatic heterocycles. The van der Waals surface area contributed by atoms with E-state index >= 15 is 0 Å². The molecule has 1 aromatic carbocycles. The molecule has 0 saturated heterocycles. The van der Waals surface area contributed by atoms with Crippen LogP contribution < -0.4 is 15.4 Å². The molecule has 0 amide bonds. The van der Waals surface area contributed by atoms with Crippen LogP contribution in [0.25, 0.3) is 5.82 Å². The number of para-hydroxylation sites is 1. The number of ether oxygens (including phenoxy) is 1. The van der Waals surface area contributed by atoms with Crippen molar-refractivity contribution in [3.63, 3.8) is 0 Å². The van der Waals surface area contributed by atoms with Gasteiger partial charge in [0.1, 0.15) is 12.4 Å². The van der Waals surface area contributed by atoms with Gasteiger partial charge in [-0.2, -0.15) is 5.10 Å². The fourth-order valence-electron chi connectivity index (χ4n) is 3.13. The van der Waals surface area contributed by atoms with Gasteiger partial charge in [-0.15, -0.1) is 24.0 Å². The Kier molecular flexibility index (Phi) is 10.2. The third-order valence-corrected chi connectivity index (χ3v) is 4.58. The van der Waals surface area contributed by atoms with Crippen LogP contribution in [0, 0.1) is 13.8 Å². The molecule has 0 spiro atoms. The molecule has 2 aromatic heterocycles. The van der Waals surface area contributed by atoms with Crippen molar-refractivity contribution < 1.29 is 4.74 Å². The molecule has 170 valence electrons. The summed E-state index contributed by atoms with van der Waals surface area (Å²) < 4.78 is 7.58. The summed E-state index contributed by atoms with van der Waals surface area (Å²) in [7, 11) is 0. The average molecular weight is 546 g/mol. The van der Waals surface area contributed by atoms with Crippen LogP contribution in [0.3, 0.4) is 0 Å². The first-order valence-corrected chi connectivity index (χ1v) is 10.4. The lowest BCUT2D eigenvalue weighted by Crippen LogP contribution is -2.36. The molecular weight excluding hydrogens is 515 g/mol. The van der Waals surface area contributed by atoms with Crippen LogP contribution in [0.4, 0.5) is 0 Å². The fraction of sp³-hybridized carbons (Fsp3) is 0.292. The molecule has 32 heavy (non-hydrogen) atoms. The van der Waals surface area contributed by atoms with E-state index in [2.05, 4.69) is 32.3 Å². The molecular formula is C24H31IN6O. The smallest absolute Gasteiger partial charge is 0.191 e. The molecule has 0 aliphatic carbocycles. The Morgan fingerprint density at radius 1 is 1.19 bits per heavy atom. The summed E-state index contributed by atoms with van der Waals surface area (Å²) in [6.07, 6.45) is 3.58. The lowest BCUT2D eigenvalue weighted by Gasteiger charge is -2.14. The molecule has 3 aromatic rings. The minimum Gasteiger partial charge on any atom is -0.489 e. The maximum atomic E-state index is 5.73. The van der Waals surface area contributed by atoms with Crippen LogP contribution in [0.15, 0.2) is 66.3 Å². The molecule has 0 aliphatic rings. The Morgan fingerprint density at radius 3 is 2.66 bits per heavy atom. The highest BCUT2D eigenvalue weighted by Crippen LogP contribution is 2.17. The van der Waals surface area contributed by atoms with Crippen LogP contribution in [0.5, 0.6) is 5.75 Å². The van der Waals surface area contributed by atoms with E-state index in [0.29, 0.717) is 19.7 Å². The number of aryl methyl sites for hydroxylation is 2. The molecule has 8 heteroatoms. The van der Waals surface area contributed by atoms with E-state index in [1.54, 1.807) is 6.08 Å². The van der Waals surface area contributed by atoms with E-state index in [1.807, 2.05) is 74.1 Å². The van der Waals surface area contributed by atoms with Crippen molar-refractivity contribution >= 4 is 29.9 Å². The Labute approximate surface area is 207 Å². The predicted molar refractivity (Wildman–Crippen MR) is 140 cm³/mol. The summed E-state index contributed by atoms with van der Waals surface area (Å²) in [5.74, 6) is 2.39. The zero-order chi connectivity index (χ0) is 22.1. The molecule has 7 nitrogen and oxygen atoms in total. The van der Waals surface area contributed by atoms with Gasteiger partial charge in [-0.25, -0.2) is 14.7 Å². The maximum Gasteiger partial charge on any atom is 0.191 e. The number of aliphatic imine (C=N–C) groups is 1. The van der Waals surface area contributed by atoms with Gasteiger partial charge in [-0.1, -0.05) is 36.9 Å². The first-order chi connectivity index (χ1) is 15.1. The number of aromatic nitrogens is 3. The molecule has 2 N–H and O–H groups in total. The fourth-order valence-corrected chi connectivity index (χ4v) is 3.13. The van der Waals surface area contributed by atoms with Crippen LogP contribution >= 0.6 is 24.0 Å². The highest BCUT2D eigenvalue weighted by Gasteiger charge is 2.06. The quantitative estimate of drug-likeness (QED) is 0.181. The van der Waals surface area contributed by atoms with Crippen molar-refractivity contribution in [2.75, 3.05) is 13.2 Å². The number of halogens is 1. The van der Waals surface area contributed by atoms with E-state index in [-0.39, 0.29) is 24.0 Å². The second kappa shape index (κ2) is 12.8. The number of benzene rings is 1. The topological polar surface area (TPSA) is 76.4 Å². The number of rotatable bonds is 9. The largest absolute Gasteiger partial charge is 0.489 e. The monoisotopic (exact) mass is 546 g/mol. The van der Waals surface area contributed by atoms with E-state index in [9.17, 15) is 0 Å². The standard InChI is InChI=1S/C24H30N6O.HI/c1-5-13-31-22-10-8-7-9-21(22)17-28-24(25-6-2)27-16-20-11-12-23(26-15-20)30-19(4)14-18(3)29-30;/h5,7-12,14-15H,1,6,13,16-17H2,2-4H3,(H2,25,27,28);1H. The van der Waals surface area contributed by atoms with Gasteiger partial charge in [-0.3, -0.25) is 0 Å². The molecule has 0 bridgehead atoms. The number of nitrogens with zero attached hydrogens (tertiary/aromatic N) is 4. The second-order valence-electron chi connectivity index (χ2n) is 7.12. The number of pyridine rings is 1. The third-order valence-electron chi connectivity index (χ3n) is 4.58. The van der Waals surface area contributed by atoms with E-state index in [1.165, 1.54) is 0 Å². The van der Waals surface area contributed by atoms with Gasteiger partial charge in [-0.05, 0) is 44.5 Å². The molecule has 0 fully saturated rings. The van der Waals surface area contributed by atoms with Crippen molar-refractivity contribution in [1.29, 1.82) is 0 Å². The van der Waals surface area contributed by atoms with Crippen molar-refractivity contribution in [1.82, 2.24) is 25.4 Å². The van der Waals surface area contributed by atoms with Crippen molar-refractivity contribution in [3.8, 4) is 11.6 Å². The Balaban J connectivity index is 0.00000363. The van der Waals surface area contributed by atoms with Crippen molar-refractivity contribution in [2.24, 2.45) is 4.99 Å². The zero-order valence-electron chi connectivity index (χ0n) is 18.8. The molecule has 0 atom stereocenters. The molecule has 2 heterocycles. The van der Waals surface area contributed by atoms with Crippen LogP contribution in [-0.4, -0.2) is 33.9 Å². The summed E-state index contributed by atoms with van der Waals surface area (Å²) in [6.45, 7) is 12.1. The summed E-state index contributed by atoms with van der Waals surface area (Å²) in [6, 6.07) is 14.0. The maximum absolute atomic E-state index is 5.73. The predicted octanol–water partition coefficient (Wildman–Crippen LogP) is 4.32. The Hall–Kier alpha value is -2.88. The first-order valence-electron chi connectivity index (χ1n) is 10.4. The SMILES string of the molecule is C=CCOc1ccccc1CNC(=NCc1ccc(-n2nc(C)cc2C)nc1)NCC.I. The highest BCUT2D eigenvalue weighted by molar-refractivity contribution is 14.0. The lowest BCUT2D eigenvalue weighted by atomic mass is 10.2. The summed E-state index contributed by atoms with van der Waals surface area (Å²) in [4.78, 5) is 9.24. The number of hydrogen-bond donors (Lipinski definition) is 2. The Morgan fingerprint density at radius 2 is 2.00 bits per heavy atom. The summed E-state index contributed by atoms with van der Waals surface area (Å²) in [5, 5.41) is 11.1. The Bertz CT molecular complexity index is 1030. The third kappa shape index (κ3) is 7.08. The van der Waals surface area contributed by atoms with Gasteiger partial charge in [0, 0.05) is 30.5 Å². The van der Waals surface area contributed by atoms with Crippen LogP contribution in [0.1, 0.15) is 29.4 Å². The number of nitrogens with one attached hydrogen (secondary N) is 2. The molecule has 3 rings (SSSR count). The van der Waals surface area contributed by atoms with Gasteiger partial charge in [0.05, 0.1) is 12.2 Å². The number of hydrogen-bond acceptors (Lipinski definition) is 4. The minimum atomic E-state index is 0.